The third-order valence-corrected chi connectivity index (χ3v) is 3.15. The maximum Gasteiger partial charge on any atom is 0.164 e. The van der Waals surface area contributed by atoms with Crippen LogP contribution in [0.1, 0.15) is 19.4 Å². The minimum atomic E-state index is -0.547. The lowest BCUT2D eigenvalue weighted by atomic mass is 9.97. The van der Waals surface area contributed by atoms with Crippen molar-refractivity contribution >= 4 is 5.57 Å². The van der Waals surface area contributed by atoms with E-state index >= 15 is 0 Å². The second-order valence-corrected chi connectivity index (χ2v) is 5.05. The Labute approximate surface area is 106 Å². The summed E-state index contributed by atoms with van der Waals surface area (Å²) in [5, 5.41) is 0. The highest BCUT2D eigenvalue weighted by atomic mass is 19.1. The minimum absolute atomic E-state index is 0.0239. The number of hydrogen-bond acceptors (Lipinski definition) is 2. The third kappa shape index (κ3) is 2.11. The zero-order chi connectivity index (χ0) is 12.8. The third-order valence-electron chi connectivity index (χ3n) is 3.15. The van der Waals surface area contributed by atoms with Gasteiger partial charge in [-0.3, -0.25) is 0 Å². The van der Waals surface area contributed by atoms with Gasteiger partial charge in [-0.1, -0.05) is 24.3 Å². The molecule has 1 aromatic rings. The van der Waals surface area contributed by atoms with Crippen LogP contribution in [0.5, 0.6) is 0 Å². The van der Waals surface area contributed by atoms with Crippen molar-refractivity contribution in [2.75, 3.05) is 0 Å². The minimum Gasteiger partial charge on any atom is -0.340 e. The van der Waals surface area contributed by atoms with E-state index < -0.39 is 5.79 Å². The van der Waals surface area contributed by atoms with Crippen LogP contribution < -0.4 is 0 Å². The Bertz CT molecular complexity index is 514. The SMILES string of the molecule is CC1(C)O[C@H]2C=CC(c3ccc(F)cc3)=C[C@H]2O1. The molecule has 1 aromatic carbocycles. The smallest absolute Gasteiger partial charge is 0.164 e. The number of ether oxygens (including phenoxy) is 2. The molecule has 18 heavy (non-hydrogen) atoms. The summed E-state index contributed by atoms with van der Waals surface area (Å²) in [5.41, 5.74) is 2.02. The van der Waals surface area contributed by atoms with E-state index in [1.165, 1.54) is 12.1 Å². The van der Waals surface area contributed by atoms with E-state index in [4.69, 9.17) is 9.47 Å². The number of hydrogen-bond donors (Lipinski definition) is 0. The number of allylic oxidation sites excluding steroid dienone is 2. The highest BCUT2D eigenvalue weighted by Crippen LogP contribution is 2.34. The second-order valence-electron chi connectivity index (χ2n) is 5.05. The largest absolute Gasteiger partial charge is 0.340 e. The Morgan fingerprint density at radius 2 is 1.72 bits per heavy atom. The fraction of sp³-hybridized carbons (Fsp3) is 0.333. The van der Waals surface area contributed by atoms with Gasteiger partial charge >= 0.3 is 0 Å². The molecule has 0 bridgehead atoms. The molecule has 2 nitrogen and oxygen atoms in total. The van der Waals surface area contributed by atoms with Crippen LogP contribution in [-0.4, -0.2) is 18.0 Å². The highest BCUT2D eigenvalue weighted by molar-refractivity contribution is 5.75. The average molecular weight is 246 g/mol. The summed E-state index contributed by atoms with van der Waals surface area (Å²) in [6, 6.07) is 6.47. The Morgan fingerprint density at radius 1 is 1.06 bits per heavy atom. The summed E-state index contributed by atoms with van der Waals surface area (Å²) in [6.07, 6.45) is 5.94. The van der Waals surface area contributed by atoms with E-state index in [1.54, 1.807) is 12.1 Å². The molecule has 0 amide bonds. The van der Waals surface area contributed by atoms with Gasteiger partial charge < -0.3 is 9.47 Å². The van der Waals surface area contributed by atoms with E-state index in [9.17, 15) is 4.39 Å². The molecule has 3 heteroatoms. The van der Waals surface area contributed by atoms with Crippen molar-refractivity contribution in [3.63, 3.8) is 0 Å². The van der Waals surface area contributed by atoms with E-state index in [-0.39, 0.29) is 18.0 Å². The summed E-state index contributed by atoms with van der Waals surface area (Å²) < 4.78 is 24.4. The molecule has 0 aromatic heterocycles. The molecule has 94 valence electrons. The molecule has 0 saturated carbocycles. The molecule has 1 aliphatic carbocycles. The van der Waals surface area contributed by atoms with Crippen molar-refractivity contribution in [1.29, 1.82) is 0 Å². The molecule has 1 aliphatic heterocycles. The van der Waals surface area contributed by atoms with Crippen molar-refractivity contribution in [2.24, 2.45) is 0 Å². The van der Waals surface area contributed by atoms with Gasteiger partial charge in [-0.25, -0.2) is 4.39 Å². The van der Waals surface area contributed by atoms with Crippen LogP contribution in [0.25, 0.3) is 5.57 Å². The zero-order valence-corrected chi connectivity index (χ0v) is 10.4. The second kappa shape index (κ2) is 4.04. The summed E-state index contributed by atoms with van der Waals surface area (Å²) >= 11 is 0. The Hall–Kier alpha value is -1.45. The summed E-state index contributed by atoms with van der Waals surface area (Å²) in [4.78, 5) is 0. The van der Waals surface area contributed by atoms with Crippen molar-refractivity contribution in [2.45, 2.75) is 31.8 Å². The fourth-order valence-electron chi connectivity index (χ4n) is 2.36. The molecule has 1 heterocycles. The molecule has 1 fully saturated rings. The van der Waals surface area contributed by atoms with Crippen molar-refractivity contribution < 1.29 is 13.9 Å². The molecular formula is C15H15FO2. The lowest BCUT2D eigenvalue weighted by molar-refractivity contribution is -0.138. The van der Waals surface area contributed by atoms with Gasteiger partial charge in [0.1, 0.15) is 18.0 Å². The average Bonchev–Trinajstić information content (AvgIpc) is 2.62. The molecule has 2 aliphatic rings. The Balaban J connectivity index is 1.88. The summed E-state index contributed by atoms with van der Waals surface area (Å²) in [5.74, 6) is -0.771. The molecule has 1 saturated heterocycles. The predicted octanol–water partition coefficient (Wildman–Crippen LogP) is 3.30. The van der Waals surface area contributed by atoms with Crippen LogP contribution in [0.15, 0.2) is 42.5 Å². The monoisotopic (exact) mass is 246 g/mol. The van der Waals surface area contributed by atoms with Gasteiger partial charge in [-0.05, 0) is 43.2 Å². The van der Waals surface area contributed by atoms with Crippen LogP contribution in [0.3, 0.4) is 0 Å². The van der Waals surface area contributed by atoms with Crippen LogP contribution in [0.4, 0.5) is 4.39 Å². The molecule has 0 N–H and O–H groups in total. The predicted molar refractivity (Wildman–Crippen MR) is 67.3 cm³/mol. The topological polar surface area (TPSA) is 18.5 Å². The lowest BCUT2D eigenvalue weighted by Crippen LogP contribution is -2.20. The van der Waals surface area contributed by atoms with Crippen molar-refractivity contribution in [1.82, 2.24) is 0 Å². The van der Waals surface area contributed by atoms with Crippen LogP contribution in [0.2, 0.25) is 0 Å². The van der Waals surface area contributed by atoms with Gasteiger partial charge in [0.15, 0.2) is 5.79 Å². The van der Waals surface area contributed by atoms with Gasteiger partial charge in [-0.2, -0.15) is 0 Å². The van der Waals surface area contributed by atoms with Gasteiger partial charge in [-0.15, -0.1) is 0 Å². The Morgan fingerprint density at radius 3 is 2.44 bits per heavy atom. The van der Waals surface area contributed by atoms with Crippen LogP contribution in [-0.2, 0) is 9.47 Å². The summed E-state index contributed by atoms with van der Waals surface area (Å²) in [6.45, 7) is 3.81. The van der Waals surface area contributed by atoms with E-state index in [1.807, 2.05) is 32.1 Å². The molecule has 0 radical (unpaired) electrons. The highest BCUT2D eigenvalue weighted by Gasteiger charge is 2.40. The normalized spacial score (nSPS) is 28.9. The van der Waals surface area contributed by atoms with E-state index in [0.717, 1.165) is 11.1 Å². The first-order valence-electron chi connectivity index (χ1n) is 6.05. The fourth-order valence-corrected chi connectivity index (χ4v) is 2.36. The number of fused-ring (bicyclic) bond motifs is 1. The first-order valence-corrected chi connectivity index (χ1v) is 6.05. The van der Waals surface area contributed by atoms with Gasteiger partial charge in [0, 0.05) is 0 Å². The first kappa shape index (κ1) is 11.6. The van der Waals surface area contributed by atoms with Gasteiger partial charge in [0.05, 0.1) is 0 Å². The molecule has 3 rings (SSSR count). The van der Waals surface area contributed by atoms with E-state index in [2.05, 4.69) is 0 Å². The Kier molecular flexibility index (Phi) is 2.61. The lowest BCUT2D eigenvalue weighted by Gasteiger charge is -2.16. The maximum absolute atomic E-state index is 12.9. The van der Waals surface area contributed by atoms with Gasteiger partial charge in [0.2, 0.25) is 0 Å². The van der Waals surface area contributed by atoms with Crippen LogP contribution in [0, 0.1) is 5.82 Å². The van der Waals surface area contributed by atoms with E-state index in [0.29, 0.717) is 0 Å². The molecule has 0 unspecified atom stereocenters. The first-order chi connectivity index (χ1) is 8.53. The number of rotatable bonds is 1. The molecular weight excluding hydrogens is 231 g/mol. The van der Waals surface area contributed by atoms with Crippen molar-refractivity contribution in [3.8, 4) is 0 Å². The standard InChI is InChI=1S/C15H15FO2/c1-15(2)17-13-8-5-11(9-14(13)18-15)10-3-6-12(16)7-4-10/h3-9,13-14H,1-2H3/t13-,14+/m0/s1. The van der Waals surface area contributed by atoms with Gasteiger partial charge in [0.25, 0.3) is 0 Å². The molecule has 0 spiro atoms. The summed E-state index contributed by atoms with van der Waals surface area (Å²) in [7, 11) is 0. The number of halogens is 1. The quantitative estimate of drug-likeness (QED) is 0.757. The molecule has 2 atom stereocenters. The van der Waals surface area contributed by atoms with Crippen LogP contribution >= 0.6 is 0 Å². The zero-order valence-electron chi connectivity index (χ0n) is 10.4. The number of benzene rings is 1. The van der Waals surface area contributed by atoms with Crippen molar-refractivity contribution in [3.05, 3.63) is 53.9 Å². The maximum atomic E-state index is 12.9.